The zero-order valence-electron chi connectivity index (χ0n) is 15.9. The molecule has 6 nitrogen and oxygen atoms in total. The van der Waals surface area contributed by atoms with Gasteiger partial charge in [0.05, 0.1) is 12.8 Å². The highest BCUT2D eigenvalue weighted by atomic mass is 16.5. The van der Waals surface area contributed by atoms with Gasteiger partial charge in [0.15, 0.2) is 0 Å². The van der Waals surface area contributed by atoms with Gasteiger partial charge in [0.25, 0.3) is 5.91 Å². The molecule has 0 unspecified atom stereocenters. The Labute approximate surface area is 160 Å². The van der Waals surface area contributed by atoms with E-state index in [-0.39, 0.29) is 5.91 Å². The molecule has 0 aliphatic carbocycles. The largest absolute Gasteiger partial charge is 0.497 e. The van der Waals surface area contributed by atoms with Gasteiger partial charge in [-0.05, 0) is 49.9 Å². The Hall–Kier alpha value is -2.34. The third-order valence-corrected chi connectivity index (χ3v) is 5.60. The van der Waals surface area contributed by atoms with Crippen molar-refractivity contribution in [3.05, 3.63) is 47.3 Å². The lowest BCUT2D eigenvalue weighted by Gasteiger charge is -2.31. The maximum Gasteiger partial charge on any atom is 0.292 e. The summed E-state index contributed by atoms with van der Waals surface area (Å²) in [4.78, 5) is 16.8. The number of piperidine rings is 1. The second kappa shape index (κ2) is 8.13. The Morgan fingerprint density at radius 2 is 2.07 bits per heavy atom. The highest BCUT2D eigenvalue weighted by Crippen LogP contribution is 2.28. The number of methoxy groups -OCH3 is 1. The number of ether oxygens (including phenoxy) is 1. The normalized spacial score (nSPS) is 20.8. The molecule has 0 N–H and O–H groups in total. The molecule has 2 aliphatic heterocycles. The molecule has 6 heteroatoms. The van der Waals surface area contributed by atoms with E-state index in [4.69, 9.17) is 9.26 Å². The summed E-state index contributed by atoms with van der Waals surface area (Å²) in [7, 11) is 1.70. The molecular weight excluding hydrogens is 342 g/mol. The van der Waals surface area contributed by atoms with Crippen LogP contribution in [0.25, 0.3) is 0 Å². The Bertz CT molecular complexity index is 782. The van der Waals surface area contributed by atoms with E-state index in [1.54, 1.807) is 7.11 Å². The van der Waals surface area contributed by atoms with Gasteiger partial charge >= 0.3 is 0 Å². The fourth-order valence-corrected chi connectivity index (χ4v) is 4.13. The van der Waals surface area contributed by atoms with Crippen molar-refractivity contribution in [1.82, 2.24) is 15.0 Å². The van der Waals surface area contributed by atoms with Gasteiger partial charge in [0, 0.05) is 38.2 Å². The molecule has 0 radical (unpaired) electrons. The Kier molecular flexibility index (Phi) is 5.43. The highest BCUT2D eigenvalue weighted by Gasteiger charge is 2.27. The monoisotopic (exact) mass is 369 g/mol. The number of carbonyl (C=O) groups excluding carboxylic acids is 1. The van der Waals surface area contributed by atoms with Crippen molar-refractivity contribution >= 4 is 5.91 Å². The van der Waals surface area contributed by atoms with Crippen LogP contribution in [0.2, 0.25) is 0 Å². The van der Waals surface area contributed by atoms with Crippen LogP contribution in [0.1, 0.15) is 53.4 Å². The van der Waals surface area contributed by atoms with Crippen molar-refractivity contribution in [3.8, 4) is 5.75 Å². The van der Waals surface area contributed by atoms with E-state index in [0.717, 1.165) is 69.9 Å². The number of nitrogens with zero attached hydrogens (tertiary/aromatic N) is 3. The molecule has 144 valence electrons. The van der Waals surface area contributed by atoms with E-state index in [1.165, 1.54) is 5.56 Å². The zero-order chi connectivity index (χ0) is 18.6. The predicted octanol–water partition coefficient (Wildman–Crippen LogP) is 3.30. The van der Waals surface area contributed by atoms with Crippen molar-refractivity contribution in [2.24, 2.45) is 0 Å². The van der Waals surface area contributed by atoms with Gasteiger partial charge < -0.3 is 14.2 Å². The van der Waals surface area contributed by atoms with Crippen LogP contribution in [-0.2, 0) is 6.54 Å². The van der Waals surface area contributed by atoms with Gasteiger partial charge in [-0.1, -0.05) is 17.3 Å². The molecule has 3 heterocycles. The van der Waals surface area contributed by atoms with Crippen molar-refractivity contribution in [2.45, 2.75) is 38.1 Å². The summed E-state index contributed by atoms with van der Waals surface area (Å²) >= 11 is 0. The van der Waals surface area contributed by atoms with E-state index >= 15 is 0 Å². The molecular formula is C21H27N3O3. The van der Waals surface area contributed by atoms with Crippen LogP contribution in [-0.4, -0.2) is 54.2 Å². The molecule has 0 saturated carbocycles. The molecule has 27 heavy (non-hydrogen) atoms. The van der Waals surface area contributed by atoms with Crippen molar-refractivity contribution in [2.75, 3.05) is 33.3 Å². The van der Waals surface area contributed by atoms with Crippen LogP contribution < -0.4 is 4.74 Å². The molecule has 2 aromatic rings. The fourth-order valence-electron chi connectivity index (χ4n) is 4.13. The first kappa shape index (κ1) is 18.0. The summed E-state index contributed by atoms with van der Waals surface area (Å²) in [5.41, 5.74) is 2.16. The molecule has 2 saturated heterocycles. The molecule has 1 atom stereocenters. The van der Waals surface area contributed by atoms with E-state index in [1.807, 2.05) is 23.1 Å². The fraction of sp³-hybridized carbons (Fsp3) is 0.524. The molecule has 2 fully saturated rings. The van der Waals surface area contributed by atoms with Gasteiger partial charge in [0.1, 0.15) is 5.75 Å². The minimum Gasteiger partial charge on any atom is -0.497 e. The summed E-state index contributed by atoms with van der Waals surface area (Å²) in [5, 5.41) is 4.23. The lowest BCUT2D eigenvalue weighted by molar-refractivity contribution is 0.0751. The quantitative estimate of drug-likeness (QED) is 0.809. The highest BCUT2D eigenvalue weighted by molar-refractivity contribution is 5.91. The third-order valence-electron chi connectivity index (χ3n) is 5.60. The summed E-state index contributed by atoms with van der Waals surface area (Å²) in [6, 6.07) is 10.1. The maximum absolute atomic E-state index is 12.5. The minimum absolute atomic E-state index is 0.0182. The molecule has 2 aliphatic rings. The first-order valence-electron chi connectivity index (χ1n) is 9.84. The van der Waals surface area contributed by atoms with E-state index in [9.17, 15) is 4.79 Å². The van der Waals surface area contributed by atoms with Crippen LogP contribution in [0, 0.1) is 0 Å². The molecule has 1 aromatic heterocycles. The Morgan fingerprint density at radius 3 is 2.89 bits per heavy atom. The number of carbonyl (C=O) groups is 1. The van der Waals surface area contributed by atoms with Gasteiger partial charge in [-0.25, -0.2) is 0 Å². The second-order valence-electron chi connectivity index (χ2n) is 7.54. The van der Waals surface area contributed by atoms with Crippen LogP contribution in [0.15, 0.2) is 34.9 Å². The van der Waals surface area contributed by atoms with E-state index < -0.39 is 0 Å². The summed E-state index contributed by atoms with van der Waals surface area (Å²) < 4.78 is 10.7. The zero-order valence-corrected chi connectivity index (χ0v) is 15.9. The third kappa shape index (κ3) is 4.16. The lowest BCUT2D eigenvalue weighted by atomic mass is 9.94. The Balaban J connectivity index is 1.40. The standard InChI is InChI=1S/C21H27N3O3/c1-26-18-8-4-6-16(12-18)14-23-9-5-7-17(15-23)19-13-20(27-22-19)21(25)24-10-2-3-11-24/h4,6,8,12-13,17H,2-3,5,7,9-11,14-15H2,1H3/t17-/m1/s1. The summed E-state index contributed by atoms with van der Waals surface area (Å²) in [6.07, 6.45) is 4.36. The number of hydrogen-bond acceptors (Lipinski definition) is 5. The van der Waals surface area contributed by atoms with Gasteiger partial charge in [-0.15, -0.1) is 0 Å². The average Bonchev–Trinajstić information content (AvgIpc) is 3.40. The first-order chi connectivity index (χ1) is 13.2. The van der Waals surface area contributed by atoms with Crippen LogP contribution in [0.5, 0.6) is 5.75 Å². The van der Waals surface area contributed by atoms with E-state index in [2.05, 4.69) is 22.2 Å². The number of rotatable bonds is 5. The Morgan fingerprint density at radius 1 is 1.22 bits per heavy atom. The second-order valence-corrected chi connectivity index (χ2v) is 7.54. The first-order valence-corrected chi connectivity index (χ1v) is 9.84. The number of hydrogen-bond donors (Lipinski definition) is 0. The van der Waals surface area contributed by atoms with Crippen LogP contribution in [0.4, 0.5) is 0 Å². The van der Waals surface area contributed by atoms with Gasteiger partial charge in [-0.3, -0.25) is 9.69 Å². The van der Waals surface area contributed by atoms with Crippen molar-refractivity contribution in [3.63, 3.8) is 0 Å². The van der Waals surface area contributed by atoms with Crippen LogP contribution >= 0.6 is 0 Å². The molecule has 0 spiro atoms. The average molecular weight is 369 g/mol. The molecule has 0 bridgehead atoms. The topological polar surface area (TPSA) is 58.8 Å². The SMILES string of the molecule is COc1cccc(CN2CCC[C@@H](c3cc(C(=O)N4CCCC4)on3)C2)c1. The smallest absolute Gasteiger partial charge is 0.292 e. The van der Waals surface area contributed by atoms with Gasteiger partial charge in [0.2, 0.25) is 5.76 Å². The molecule has 1 aromatic carbocycles. The minimum atomic E-state index is -0.0182. The van der Waals surface area contributed by atoms with Crippen molar-refractivity contribution < 1.29 is 14.1 Å². The summed E-state index contributed by atoms with van der Waals surface area (Å²) in [5.74, 6) is 1.57. The number of aromatic nitrogens is 1. The van der Waals surface area contributed by atoms with E-state index in [0.29, 0.717) is 11.7 Å². The summed E-state index contributed by atoms with van der Waals surface area (Å²) in [6.45, 7) is 4.55. The predicted molar refractivity (Wildman–Crippen MR) is 102 cm³/mol. The maximum atomic E-state index is 12.5. The van der Waals surface area contributed by atoms with Gasteiger partial charge in [-0.2, -0.15) is 0 Å². The number of benzene rings is 1. The number of amides is 1. The molecule has 1 amide bonds. The lowest BCUT2D eigenvalue weighted by Crippen LogP contribution is -2.34. The number of likely N-dealkylation sites (tertiary alicyclic amines) is 2. The van der Waals surface area contributed by atoms with Crippen LogP contribution in [0.3, 0.4) is 0 Å². The molecule has 4 rings (SSSR count). The van der Waals surface area contributed by atoms with Crippen molar-refractivity contribution in [1.29, 1.82) is 0 Å².